The number of likely N-dealkylation sites (tertiary alicyclic amines) is 1. The number of piperazine rings is 1. The summed E-state index contributed by atoms with van der Waals surface area (Å²) in [4.78, 5) is 27.7. The first-order valence-electron chi connectivity index (χ1n) is 11.9. The van der Waals surface area contributed by atoms with Crippen molar-refractivity contribution in [3.63, 3.8) is 0 Å². The lowest BCUT2D eigenvalue weighted by atomic mass is 10.1. The van der Waals surface area contributed by atoms with E-state index in [0.29, 0.717) is 37.4 Å². The highest BCUT2D eigenvalue weighted by Crippen LogP contribution is 2.37. The quantitative estimate of drug-likeness (QED) is 0.472. The second kappa shape index (κ2) is 10.2. The molecule has 1 amide bonds. The third-order valence-corrected chi connectivity index (χ3v) is 7.72. The molecular formula is C24H32BrClFN5O3. The highest BCUT2D eigenvalue weighted by molar-refractivity contribution is 9.10. The van der Waals surface area contributed by atoms with E-state index in [1.54, 1.807) is 11.0 Å². The van der Waals surface area contributed by atoms with Gasteiger partial charge in [0.2, 0.25) is 0 Å². The first kappa shape index (κ1) is 26.2. The van der Waals surface area contributed by atoms with Crippen LogP contribution in [0.3, 0.4) is 0 Å². The van der Waals surface area contributed by atoms with Crippen LogP contribution in [0.15, 0.2) is 10.5 Å². The van der Waals surface area contributed by atoms with Gasteiger partial charge in [-0.2, -0.15) is 9.97 Å². The maximum Gasteiger partial charge on any atom is 0.410 e. The molecule has 2 atom stereocenters. The summed E-state index contributed by atoms with van der Waals surface area (Å²) >= 11 is 9.52. The molecule has 1 aromatic heterocycles. The highest BCUT2D eigenvalue weighted by Gasteiger charge is 2.32. The molecule has 2 aliphatic heterocycles. The maximum atomic E-state index is 15.2. The molecule has 8 nitrogen and oxygen atoms in total. The number of hydrogen-bond acceptors (Lipinski definition) is 7. The van der Waals surface area contributed by atoms with Gasteiger partial charge >= 0.3 is 12.1 Å². The third kappa shape index (κ3) is 5.75. The van der Waals surface area contributed by atoms with E-state index in [0.717, 1.165) is 19.4 Å². The molecular weight excluding hydrogens is 541 g/mol. The Bertz CT molecular complexity index is 1110. The zero-order chi connectivity index (χ0) is 25.5. The molecule has 0 N–H and O–H groups in total. The number of benzene rings is 1. The molecule has 3 heterocycles. The second-order valence-corrected chi connectivity index (χ2v) is 11.5. The fourth-order valence-corrected chi connectivity index (χ4v) is 5.04. The number of aromatic nitrogens is 2. The van der Waals surface area contributed by atoms with Gasteiger partial charge in [-0.05, 0) is 76.1 Å². The zero-order valence-corrected chi connectivity index (χ0v) is 23.1. The minimum atomic E-state index is -0.568. The monoisotopic (exact) mass is 571 g/mol. The first-order chi connectivity index (χ1) is 16.4. The maximum absolute atomic E-state index is 15.2. The SMILES string of the molecule is C[C@@H]1CN(C(=O)OC(C)(C)C)CCN1c1nc(OC[C@@H]2CCCN2C)nc2c(F)c(Br)c(Cl)cc12. The smallest absolute Gasteiger partial charge is 0.410 e. The first-order valence-corrected chi connectivity index (χ1v) is 13.0. The number of fused-ring (bicyclic) bond motifs is 1. The summed E-state index contributed by atoms with van der Waals surface area (Å²) in [5.41, 5.74) is -0.426. The Morgan fingerprint density at radius 3 is 2.66 bits per heavy atom. The number of likely N-dealkylation sites (N-methyl/N-ethyl adjacent to an activating group) is 1. The van der Waals surface area contributed by atoms with E-state index in [-0.39, 0.29) is 39.2 Å². The standard InChI is InChI=1S/C24H32BrClFN5O3/c1-14-12-31(23(33)35-24(2,3)4)9-10-32(14)21-16-11-17(26)18(25)19(27)20(16)28-22(29-21)34-13-15-7-6-8-30(15)5/h11,14-15H,6-10,12-13H2,1-5H3/t14-,15+/m1/s1. The molecule has 0 radical (unpaired) electrons. The predicted molar refractivity (Wildman–Crippen MR) is 138 cm³/mol. The van der Waals surface area contributed by atoms with Crippen molar-refractivity contribution in [2.24, 2.45) is 0 Å². The van der Waals surface area contributed by atoms with Gasteiger partial charge in [-0.3, -0.25) is 0 Å². The number of rotatable bonds is 4. The summed E-state index contributed by atoms with van der Waals surface area (Å²) < 4.78 is 26.9. The molecule has 0 unspecified atom stereocenters. The minimum Gasteiger partial charge on any atom is -0.462 e. The zero-order valence-electron chi connectivity index (χ0n) is 20.8. The molecule has 192 valence electrons. The van der Waals surface area contributed by atoms with Gasteiger partial charge in [0.1, 0.15) is 23.5 Å². The summed E-state index contributed by atoms with van der Waals surface area (Å²) in [5.74, 6) is -0.0200. The molecule has 2 aliphatic rings. The number of carbonyl (C=O) groups is 1. The molecule has 4 rings (SSSR count). The van der Waals surface area contributed by atoms with Crippen molar-refractivity contribution in [2.45, 2.75) is 58.2 Å². The van der Waals surface area contributed by atoms with Gasteiger partial charge in [0.05, 0.1) is 9.50 Å². The Kier molecular flexibility index (Phi) is 7.64. The van der Waals surface area contributed by atoms with Crippen molar-refractivity contribution < 1.29 is 18.7 Å². The van der Waals surface area contributed by atoms with Gasteiger partial charge in [0.15, 0.2) is 5.82 Å². The Morgan fingerprint density at radius 2 is 2.03 bits per heavy atom. The molecule has 11 heteroatoms. The van der Waals surface area contributed by atoms with Crippen molar-refractivity contribution in [1.82, 2.24) is 19.8 Å². The summed E-state index contributed by atoms with van der Waals surface area (Å²) in [6, 6.07) is 1.97. The van der Waals surface area contributed by atoms with Crippen molar-refractivity contribution >= 4 is 50.3 Å². The Hall–Kier alpha value is -1.91. The number of ether oxygens (including phenoxy) is 2. The van der Waals surface area contributed by atoms with Crippen molar-refractivity contribution in [1.29, 1.82) is 0 Å². The van der Waals surface area contributed by atoms with E-state index in [1.807, 2.05) is 32.6 Å². The number of halogens is 3. The predicted octanol–water partition coefficient (Wildman–Crippen LogP) is 5.10. The van der Waals surface area contributed by atoms with E-state index in [1.165, 1.54) is 0 Å². The molecule has 0 bridgehead atoms. The Morgan fingerprint density at radius 1 is 1.29 bits per heavy atom. The lowest BCUT2D eigenvalue weighted by Crippen LogP contribution is -2.55. The minimum absolute atomic E-state index is 0.103. The van der Waals surface area contributed by atoms with Crippen LogP contribution in [-0.4, -0.2) is 83.4 Å². The van der Waals surface area contributed by atoms with Gasteiger partial charge in [0, 0.05) is 37.1 Å². The summed E-state index contributed by atoms with van der Waals surface area (Å²) in [5, 5.41) is 0.736. The lowest BCUT2D eigenvalue weighted by molar-refractivity contribution is 0.0218. The van der Waals surface area contributed by atoms with E-state index >= 15 is 4.39 Å². The van der Waals surface area contributed by atoms with Gasteiger partial charge < -0.3 is 24.2 Å². The highest BCUT2D eigenvalue weighted by atomic mass is 79.9. The average Bonchev–Trinajstić information content (AvgIpc) is 3.19. The van der Waals surface area contributed by atoms with E-state index in [4.69, 9.17) is 26.1 Å². The molecule has 0 aliphatic carbocycles. The fraction of sp³-hybridized carbons (Fsp3) is 0.625. The van der Waals surface area contributed by atoms with E-state index in [2.05, 4.69) is 32.9 Å². The van der Waals surface area contributed by atoms with Crippen LogP contribution in [-0.2, 0) is 4.74 Å². The number of anilines is 1. The fourth-order valence-electron chi connectivity index (χ4n) is 4.55. The molecule has 2 aromatic rings. The van der Waals surface area contributed by atoms with Gasteiger partial charge in [0.25, 0.3) is 0 Å². The average molecular weight is 573 g/mol. The van der Waals surface area contributed by atoms with Gasteiger partial charge in [-0.25, -0.2) is 9.18 Å². The topological polar surface area (TPSA) is 71.0 Å². The van der Waals surface area contributed by atoms with E-state index < -0.39 is 11.4 Å². The molecule has 35 heavy (non-hydrogen) atoms. The molecule has 1 aromatic carbocycles. The Balaban J connectivity index is 1.64. The van der Waals surface area contributed by atoms with Crippen LogP contribution in [0.4, 0.5) is 15.0 Å². The van der Waals surface area contributed by atoms with Gasteiger partial charge in [-0.15, -0.1) is 0 Å². The van der Waals surface area contributed by atoms with Crippen molar-refractivity contribution in [2.75, 3.05) is 44.7 Å². The molecule has 0 saturated carbocycles. The van der Waals surface area contributed by atoms with E-state index in [9.17, 15) is 4.79 Å². The number of nitrogens with zero attached hydrogens (tertiary/aromatic N) is 5. The summed E-state index contributed by atoms with van der Waals surface area (Å²) in [6.45, 7) is 10.4. The second-order valence-electron chi connectivity index (χ2n) is 10.3. The van der Waals surface area contributed by atoms with Crippen LogP contribution in [0, 0.1) is 5.82 Å². The van der Waals surface area contributed by atoms with Crippen LogP contribution in [0.5, 0.6) is 6.01 Å². The van der Waals surface area contributed by atoms with Crippen LogP contribution < -0.4 is 9.64 Å². The number of hydrogen-bond donors (Lipinski definition) is 0. The molecule has 2 saturated heterocycles. The van der Waals surface area contributed by atoms with Crippen LogP contribution in [0.1, 0.15) is 40.5 Å². The Labute approximate surface area is 218 Å². The summed E-state index contributed by atoms with van der Waals surface area (Å²) in [7, 11) is 2.07. The molecule has 0 spiro atoms. The normalized spacial score (nSPS) is 21.6. The third-order valence-electron chi connectivity index (χ3n) is 6.41. The van der Waals surface area contributed by atoms with Crippen LogP contribution >= 0.6 is 27.5 Å². The number of carbonyl (C=O) groups excluding carboxylic acids is 1. The van der Waals surface area contributed by atoms with Crippen LogP contribution in [0.25, 0.3) is 10.9 Å². The van der Waals surface area contributed by atoms with Gasteiger partial charge in [-0.1, -0.05) is 11.6 Å². The van der Waals surface area contributed by atoms with Crippen LogP contribution in [0.2, 0.25) is 5.02 Å². The lowest BCUT2D eigenvalue weighted by Gasteiger charge is -2.41. The van der Waals surface area contributed by atoms with Crippen molar-refractivity contribution in [3.8, 4) is 6.01 Å². The number of amides is 1. The summed E-state index contributed by atoms with van der Waals surface area (Å²) in [6.07, 6.45) is 1.81. The van der Waals surface area contributed by atoms with Crippen molar-refractivity contribution in [3.05, 3.63) is 21.4 Å². The molecule has 2 fully saturated rings. The largest absolute Gasteiger partial charge is 0.462 e.